The summed E-state index contributed by atoms with van der Waals surface area (Å²) in [5.74, 6) is -0.120. The van der Waals surface area contributed by atoms with E-state index >= 15 is 0 Å². The number of nitro groups is 1. The topological polar surface area (TPSA) is 128 Å². The molecule has 3 rings (SSSR count). The van der Waals surface area contributed by atoms with E-state index in [0.717, 1.165) is 6.07 Å². The van der Waals surface area contributed by atoms with E-state index in [2.05, 4.69) is 10.0 Å². The van der Waals surface area contributed by atoms with Crippen LogP contribution in [0.2, 0.25) is 0 Å². The first-order valence-electron chi connectivity index (χ1n) is 9.62. The fourth-order valence-corrected chi connectivity index (χ4v) is 4.02. The first-order valence-corrected chi connectivity index (χ1v) is 11.1. The van der Waals surface area contributed by atoms with Crippen LogP contribution < -0.4 is 14.8 Å². The summed E-state index contributed by atoms with van der Waals surface area (Å²) >= 11 is 0. The van der Waals surface area contributed by atoms with Gasteiger partial charge in [0, 0.05) is 17.7 Å². The Morgan fingerprint density at radius 3 is 2.41 bits per heavy atom. The summed E-state index contributed by atoms with van der Waals surface area (Å²) in [5.41, 5.74) is 0.939. The van der Waals surface area contributed by atoms with Gasteiger partial charge in [-0.2, -0.15) is 0 Å². The normalized spacial score (nSPS) is 10.9. The van der Waals surface area contributed by atoms with E-state index in [1.165, 1.54) is 30.3 Å². The van der Waals surface area contributed by atoms with E-state index < -0.39 is 20.9 Å². The molecule has 32 heavy (non-hydrogen) atoms. The number of hydrogen-bond acceptors (Lipinski definition) is 6. The Balaban J connectivity index is 1.95. The highest BCUT2D eigenvalue weighted by Gasteiger charge is 2.20. The summed E-state index contributed by atoms with van der Waals surface area (Å²) in [6.07, 6.45) is 0. The Bertz CT molecular complexity index is 1260. The van der Waals surface area contributed by atoms with Crippen molar-refractivity contribution in [1.29, 1.82) is 0 Å². The van der Waals surface area contributed by atoms with Gasteiger partial charge in [0.2, 0.25) is 0 Å². The molecule has 1 amide bonds. The van der Waals surface area contributed by atoms with Crippen LogP contribution in [0.15, 0.2) is 71.6 Å². The number of sulfonamides is 1. The second-order valence-electron chi connectivity index (χ2n) is 6.77. The van der Waals surface area contributed by atoms with Crippen LogP contribution >= 0.6 is 0 Å². The zero-order chi connectivity index (χ0) is 23.3. The molecule has 0 aromatic heterocycles. The third-order valence-electron chi connectivity index (χ3n) is 4.52. The van der Waals surface area contributed by atoms with Crippen LogP contribution in [0.25, 0.3) is 0 Å². The van der Waals surface area contributed by atoms with E-state index in [9.17, 15) is 23.3 Å². The van der Waals surface area contributed by atoms with Crippen LogP contribution in [0.4, 0.5) is 17.1 Å². The molecular weight excluding hydrogens is 434 g/mol. The number of amides is 1. The second-order valence-corrected chi connectivity index (χ2v) is 8.46. The first kappa shape index (κ1) is 22.8. The number of nitrogens with zero attached hydrogens (tertiary/aromatic N) is 1. The number of aryl methyl sites for hydroxylation is 1. The molecule has 0 fully saturated rings. The van der Waals surface area contributed by atoms with E-state index in [4.69, 9.17) is 4.74 Å². The molecule has 10 heteroatoms. The van der Waals surface area contributed by atoms with Crippen LogP contribution in [0.1, 0.15) is 22.8 Å². The van der Waals surface area contributed by atoms with Crippen LogP contribution in [0.3, 0.4) is 0 Å². The number of carbonyl (C=O) groups excluding carboxylic acids is 1. The smallest absolute Gasteiger partial charge is 0.271 e. The Kier molecular flexibility index (Phi) is 6.74. The molecule has 0 atom stereocenters. The molecule has 3 aromatic carbocycles. The van der Waals surface area contributed by atoms with E-state index in [-0.39, 0.29) is 22.0 Å². The van der Waals surface area contributed by atoms with Crippen molar-refractivity contribution in [3.63, 3.8) is 0 Å². The minimum Gasteiger partial charge on any atom is -0.492 e. The Morgan fingerprint density at radius 2 is 1.75 bits per heavy atom. The summed E-state index contributed by atoms with van der Waals surface area (Å²) in [6.45, 7) is 3.71. The number of nitro benzene ring substituents is 1. The van der Waals surface area contributed by atoms with Crippen molar-refractivity contribution in [1.82, 2.24) is 0 Å². The van der Waals surface area contributed by atoms with Gasteiger partial charge in [-0.3, -0.25) is 19.6 Å². The molecule has 9 nitrogen and oxygen atoms in total. The molecule has 0 radical (unpaired) electrons. The molecule has 0 saturated heterocycles. The molecular formula is C22H21N3O6S. The highest BCUT2D eigenvalue weighted by Crippen LogP contribution is 2.30. The number of carbonyl (C=O) groups is 1. The monoisotopic (exact) mass is 455 g/mol. The average molecular weight is 455 g/mol. The van der Waals surface area contributed by atoms with Gasteiger partial charge in [-0.25, -0.2) is 8.42 Å². The van der Waals surface area contributed by atoms with Gasteiger partial charge in [-0.1, -0.05) is 24.3 Å². The summed E-state index contributed by atoms with van der Waals surface area (Å²) in [7, 11) is -4.11. The molecule has 0 bridgehead atoms. The third-order valence-corrected chi connectivity index (χ3v) is 5.88. The number of anilines is 2. The molecule has 0 aliphatic carbocycles. The Morgan fingerprint density at radius 1 is 1.03 bits per heavy atom. The van der Waals surface area contributed by atoms with Crippen molar-refractivity contribution >= 4 is 33.0 Å². The average Bonchev–Trinajstić information content (AvgIpc) is 2.76. The predicted molar refractivity (Wildman–Crippen MR) is 121 cm³/mol. The summed E-state index contributed by atoms with van der Waals surface area (Å²) in [6, 6.07) is 16.4. The minimum absolute atomic E-state index is 0.0861. The molecule has 0 unspecified atom stereocenters. The lowest BCUT2D eigenvalue weighted by molar-refractivity contribution is -0.384. The lowest BCUT2D eigenvalue weighted by Crippen LogP contribution is -2.16. The lowest BCUT2D eigenvalue weighted by Gasteiger charge is -2.15. The molecule has 0 aliphatic rings. The Labute approximate surface area is 185 Å². The summed E-state index contributed by atoms with van der Waals surface area (Å²) in [5, 5.41) is 13.7. The van der Waals surface area contributed by atoms with Gasteiger partial charge in [-0.05, 0) is 49.7 Å². The van der Waals surface area contributed by atoms with E-state index in [1.807, 2.05) is 0 Å². The highest BCUT2D eigenvalue weighted by molar-refractivity contribution is 7.92. The van der Waals surface area contributed by atoms with Crippen molar-refractivity contribution in [2.45, 2.75) is 18.7 Å². The van der Waals surface area contributed by atoms with Gasteiger partial charge in [0.25, 0.3) is 21.6 Å². The largest absolute Gasteiger partial charge is 0.492 e. The zero-order valence-corrected chi connectivity index (χ0v) is 18.2. The number of non-ortho nitro benzene ring substituents is 1. The maximum Gasteiger partial charge on any atom is 0.271 e. The third kappa shape index (κ3) is 5.22. The van der Waals surface area contributed by atoms with Crippen molar-refractivity contribution < 1.29 is 22.9 Å². The molecule has 2 N–H and O–H groups in total. The molecule has 3 aromatic rings. The van der Waals surface area contributed by atoms with Gasteiger partial charge in [0.1, 0.15) is 5.75 Å². The van der Waals surface area contributed by atoms with Gasteiger partial charge < -0.3 is 10.1 Å². The van der Waals surface area contributed by atoms with Crippen molar-refractivity contribution in [2.24, 2.45) is 0 Å². The second kappa shape index (κ2) is 9.48. The van der Waals surface area contributed by atoms with Crippen LogP contribution in [-0.2, 0) is 10.0 Å². The van der Waals surface area contributed by atoms with E-state index in [0.29, 0.717) is 23.5 Å². The number of hydrogen-bond donors (Lipinski definition) is 2. The quantitative estimate of drug-likeness (QED) is 0.384. The number of ether oxygens (including phenoxy) is 1. The molecule has 0 spiro atoms. The van der Waals surface area contributed by atoms with Crippen molar-refractivity contribution in [3.05, 3.63) is 88.0 Å². The fraction of sp³-hybridized carbons (Fsp3) is 0.136. The van der Waals surface area contributed by atoms with Gasteiger partial charge in [0.15, 0.2) is 0 Å². The maximum atomic E-state index is 13.0. The first-order chi connectivity index (χ1) is 15.2. The lowest BCUT2D eigenvalue weighted by atomic mass is 10.2. The molecule has 0 saturated carbocycles. The highest BCUT2D eigenvalue weighted by atomic mass is 32.2. The molecule has 166 valence electrons. The van der Waals surface area contributed by atoms with Gasteiger partial charge in [0.05, 0.1) is 27.8 Å². The molecule has 0 heterocycles. The fourth-order valence-electron chi connectivity index (χ4n) is 2.88. The SMILES string of the molecule is CCOc1ccc(S(=O)(=O)Nc2cc([N+](=O)[O-])ccc2C)cc1NC(=O)c1ccccc1. The van der Waals surface area contributed by atoms with E-state index in [1.54, 1.807) is 44.2 Å². The number of rotatable bonds is 8. The van der Waals surface area contributed by atoms with Gasteiger partial charge >= 0.3 is 0 Å². The maximum absolute atomic E-state index is 13.0. The standard InChI is InChI=1S/C22H21N3O6S/c1-3-31-21-12-11-18(14-20(21)23-22(26)16-7-5-4-6-8-16)32(29,30)24-19-13-17(25(27)28)10-9-15(19)2/h4-14,24H,3H2,1-2H3,(H,23,26). The number of benzene rings is 3. The summed E-state index contributed by atoms with van der Waals surface area (Å²) in [4.78, 5) is 22.9. The Hall–Kier alpha value is -3.92. The predicted octanol–water partition coefficient (Wildman–Crippen LogP) is 4.36. The zero-order valence-electron chi connectivity index (χ0n) is 17.4. The van der Waals surface area contributed by atoms with Crippen molar-refractivity contribution in [2.75, 3.05) is 16.6 Å². The van der Waals surface area contributed by atoms with Crippen molar-refractivity contribution in [3.8, 4) is 5.75 Å². The van der Waals surface area contributed by atoms with Crippen LogP contribution in [-0.4, -0.2) is 25.9 Å². The number of nitrogens with one attached hydrogen (secondary N) is 2. The van der Waals surface area contributed by atoms with Crippen LogP contribution in [0, 0.1) is 17.0 Å². The van der Waals surface area contributed by atoms with Gasteiger partial charge in [-0.15, -0.1) is 0 Å². The summed E-state index contributed by atoms with van der Waals surface area (Å²) < 4.78 is 33.8. The molecule has 0 aliphatic heterocycles. The van der Waals surface area contributed by atoms with Crippen LogP contribution in [0.5, 0.6) is 5.75 Å². The minimum atomic E-state index is -4.11.